The molecule has 1 aliphatic heterocycles. The van der Waals surface area contributed by atoms with Crippen LogP contribution >= 0.6 is 0 Å². The van der Waals surface area contributed by atoms with Gasteiger partial charge in [0, 0.05) is 23.3 Å². The van der Waals surface area contributed by atoms with Crippen molar-refractivity contribution in [2.75, 3.05) is 19.5 Å². The van der Waals surface area contributed by atoms with Crippen molar-refractivity contribution in [3.05, 3.63) is 64.9 Å². The number of nitrogens with zero attached hydrogens (tertiary/aromatic N) is 3. The topological polar surface area (TPSA) is 78.3 Å². The number of rotatable bonds is 4. The molecule has 5 rings (SSSR count). The Morgan fingerprint density at radius 1 is 1.06 bits per heavy atom. The molecule has 3 aromatic rings. The summed E-state index contributed by atoms with van der Waals surface area (Å²) in [5.74, 6) is 2.67. The van der Waals surface area contributed by atoms with E-state index in [2.05, 4.69) is 11.4 Å². The molecular formula is C24H24N4O3. The SMILES string of the molecule is COc1ccc([C@H]2C3=C(CCCC3=O)Nc3nc(-c4cccc(C)c4)nn32)cc1OC. The predicted octanol–water partition coefficient (Wildman–Crippen LogP) is 4.29. The Hall–Kier alpha value is -3.61. The lowest BCUT2D eigenvalue weighted by Crippen LogP contribution is -2.31. The van der Waals surface area contributed by atoms with E-state index in [1.54, 1.807) is 14.2 Å². The smallest absolute Gasteiger partial charge is 0.226 e. The number of hydrogen-bond acceptors (Lipinski definition) is 6. The maximum absolute atomic E-state index is 13.0. The molecule has 1 aromatic heterocycles. The Kier molecular flexibility index (Phi) is 4.73. The standard InChI is InChI=1S/C24H24N4O3/c1-14-6-4-7-16(12-14)23-26-24-25-17-8-5-9-18(29)21(17)22(28(24)27-23)15-10-11-19(30-2)20(13-15)31-3/h4,6-7,10-13,22H,5,8-9H2,1-3H3,(H,25,26,27)/t22-/m0/s1. The molecule has 1 N–H and O–H groups in total. The molecule has 7 nitrogen and oxygen atoms in total. The number of aromatic nitrogens is 3. The highest BCUT2D eigenvalue weighted by atomic mass is 16.5. The fourth-order valence-corrected chi connectivity index (χ4v) is 4.39. The number of fused-ring (bicyclic) bond motifs is 1. The average molecular weight is 416 g/mol. The number of benzene rings is 2. The zero-order chi connectivity index (χ0) is 21.5. The van der Waals surface area contributed by atoms with Crippen molar-refractivity contribution in [1.29, 1.82) is 0 Å². The van der Waals surface area contributed by atoms with Crippen molar-refractivity contribution in [1.82, 2.24) is 14.8 Å². The Bertz CT molecular complexity index is 1210. The second-order valence-electron chi connectivity index (χ2n) is 7.88. The minimum Gasteiger partial charge on any atom is -0.493 e. The van der Waals surface area contributed by atoms with Gasteiger partial charge >= 0.3 is 0 Å². The molecule has 0 fully saturated rings. The van der Waals surface area contributed by atoms with Crippen molar-refractivity contribution in [3.8, 4) is 22.9 Å². The summed E-state index contributed by atoms with van der Waals surface area (Å²) in [4.78, 5) is 17.8. The molecule has 0 unspecified atom stereocenters. The zero-order valence-electron chi connectivity index (χ0n) is 17.8. The number of Topliss-reactive ketones (excluding diaryl/α,β-unsaturated/α-hetero) is 1. The second kappa shape index (κ2) is 7.58. The number of carbonyl (C=O) groups is 1. The maximum atomic E-state index is 13.0. The summed E-state index contributed by atoms with van der Waals surface area (Å²) in [6.07, 6.45) is 2.19. The van der Waals surface area contributed by atoms with E-state index in [9.17, 15) is 4.79 Å². The quantitative estimate of drug-likeness (QED) is 0.684. The van der Waals surface area contributed by atoms with Gasteiger partial charge in [-0.3, -0.25) is 4.79 Å². The van der Waals surface area contributed by atoms with Gasteiger partial charge in [0.15, 0.2) is 23.1 Å². The van der Waals surface area contributed by atoms with Crippen molar-refractivity contribution in [2.45, 2.75) is 32.2 Å². The molecule has 2 heterocycles. The van der Waals surface area contributed by atoms with Crippen LogP contribution in [-0.2, 0) is 4.79 Å². The first-order valence-electron chi connectivity index (χ1n) is 10.4. The van der Waals surface area contributed by atoms with Crippen LogP contribution in [0.15, 0.2) is 53.7 Å². The fourth-order valence-electron chi connectivity index (χ4n) is 4.39. The molecule has 31 heavy (non-hydrogen) atoms. The molecule has 2 aromatic carbocycles. The van der Waals surface area contributed by atoms with E-state index in [-0.39, 0.29) is 11.8 Å². The second-order valence-corrected chi connectivity index (χ2v) is 7.88. The summed E-state index contributed by atoms with van der Waals surface area (Å²) >= 11 is 0. The Balaban J connectivity index is 1.68. The van der Waals surface area contributed by atoms with E-state index in [1.165, 1.54) is 0 Å². The third-order valence-corrected chi connectivity index (χ3v) is 5.87. The molecule has 7 heteroatoms. The van der Waals surface area contributed by atoms with Crippen molar-refractivity contribution in [3.63, 3.8) is 0 Å². The van der Waals surface area contributed by atoms with Crippen molar-refractivity contribution >= 4 is 11.7 Å². The van der Waals surface area contributed by atoms with Crippen LogP contribution in [0.3, 0.4) is 0 Å². The predicted molar refractivity (Wildman–Crippen MR) is 117 cm³/mol. The molecule has 0 amide bonds. The first-order chi connectivity index (χ1) is 15.1. The molecule has 0 spiro atoms. The van der Waals surface area contributed by atoms with Gasteiger partial charge in [-0.2, -0.15) is 4.98 Å². The highest BCUT2D eigenvalue weighted by molar-refractivity contribution is 5.99. The number of allylic oxidation sites excluding steroid dienone is 2. The van der Waals surface area contributed by atoms with E-state index in [0.29, 0.717) is 29.7 Å². The Labute approximate surface area is 180 Å². The van der Waals surface area contributed by atoms with Crippen LogP contribution in [0.2, 0.25) is 0 Å². The highest BCUT2D eigenvalue weighted by Crippen LogP contribution is 2.42. The number of ketones is 1. The fraction of sp³-hybridized carbons (Fsp3) is 0.292. The van der Waals surface area contributed by atoms with E-state index in [4.69, 9.17) is 19.6 Å². The summed E-state index contributed by atoms with van der Waals surface area (Å²) in [6.45, 7) is 2.04. The summed E-state index contributed by atoms with van der Waals surface area (Å²) in [6, 6.07) is 13.5. The van der Waals surface area contributed by atoms with Gasteiger partial charge < -0.3 is 14.8 Å². The molecule has 1 atom stereocenters. The largest absolute Gasteiger partial charge is 0.493 e. The minimum absolute atomic E-state index is 0.145. The van der Waals surface area contributed by atoms with Gasteiger partial charge in [0.25, 0.3) is 0 Å². The van der Waals surface area contributed by atoms with Gasteiger partial charge in [-0.25, -0.2) is 4.68 Å². The van der Waals surface area contributed by atoms with E-state index in [0.717, 1.165) is 40.8 Å². The number of nitrogens with one attached hydrogen (secondary N) is 1. The molecule has 158 valence electrons. The minimum atomic E-state index is -0.370. The lowest BCUT2D eigenvalue weighted by Gasteiger charge is -2.32. The molecule has 2 aliphatic rings. The molecule has 0 radical (unpaired) electrons. The van der Waals surface area contributed by atoms with Gasteiger partial charge in [-0.1, -0.05) is 29.8 Å². The first-order valence-corrected chi connectivity index (χ1v) is 10.4. The Morgan fingerprint density at radius 3 is 2.68 bits per heavy atom. The van der Waals surface area contributed by atoms with Gasteiger partial charge in [-0.05, 0) is 43.5 Å². The van der Waals surface area contributed by atoms with Gasteiger partial charge in [-0.15, -0.1) is 5.10 Å². The number of hydrogen-bond donors (Lipinski definition) is 1. The van der Waals surface area contributed by atoms with Crippen LogP contribution in [0, 0.1) is 6.92 Å². The lowest BCUT2D eigenvalue weighted by molar-refractivity contribution is -0.116. The summed E-state index contributed by atoms with van der Waals surface area (Å²) in [5, 5.41) is 8.21. The van der Waals surface area contributed by atoms with Gasteiger partial charge in [0.2, 0.25) is 5.95 Å². The summed E-state index contributed by atoms with van der Waals surface area (Å²) in [7, 11) is 3.22. The van der Waals surface area contributed by atoms with Gasteiger partial charge in [0.1, 0.15) is 6.04 Å². The normalized spacial score (nSPS) is 17.6. The Morgan fingerprint density at radius 2 is 1.90 bits per heavy atom. The number of aryl methyl sites for hydroxylation is 1. The average Bonchev–Trinajstić information content (AvgIpc) is 3.21. The van der Waals surface area contributed by atoms with Crippen molar-refractivity contribution in [2.24, 2.45) is 0 Å². The molecule has 1 aliphatic carbocycles. The van der Waals surface area contributed by atoms with Gasteiger partial charge in [0.05, 0.1) is 14.2 Å². The first kappa shape index (κ1) is 19.4. The zero-order valence-corrected chi connectivity index (χ0v) is 17.8. The number of anilines is 1. The molecular weight excluding hydrogens is 392 g/mol. The van der Waals surface area contributed by atoms with Crippen LogP contribution in [0.4, 0.5) is 5.95 Å². The summed E-state index contributed by atoms with van der Waals surface area (Å²) < 4.78 is 12.7. The molecule has 0 saturated heterocycles. The maximum Gasteiger partial charge on any atom is 0.226 e. The van der Waals surface area contributed by atoms with Crippen LogP contribution in [0.1, 0.15) is 36.4 Å². The van der Waals surface area contributed by atoms with E-state index >= 15 is 0 Å². The van der Waals surface area contributed by atoms with Crippen molar-refractivity contribution < 1.29 is 14.3 Å². The molecule has 0 bridgehead atoms. The number of ether oxygens (including phenoxy) is 2. The van der Waals surface area contributed by atoms with E-state index in [1.807, 2.05) is 48.0 Å². The number of carbonyl (C=O) groups excluding carboxylic acids is 1. The number of methoxy groups -OCH3 is 2. The summed E-state index contributed by atoms with van der Waals surface area (Å²) in [5.41, 5.74) is 4.68. The third kappa shape index (κ3) is 3.26. The van der Waals surface area contributed by atoms with Crippen LogP contribution in [-0.4, -0.2) is 34.8 Å². The monoisotopic (exact) mass is 416 g/mol. The highest BCUT2D eigenvalue weighted by Gasteiger charge is 2.37. The van der Waals surface area contributed by atoms with Crippen LogP contribution < -0.4 is 14.8 Å². The van der Waals surface area contributed by atoms with Crippen LogP contribution in [0.25, 0.3) is 11.4 Å². The van der Waals surface area contributed by atoms with Crippen LogP contribution in [0.5, 0.6) is 11.5 Å². The third-order valence-electron chi connectivity index (χ3n) is 5.87. The molecule has 0 saturated carbocycles. The van der Waals surface area contributed by atoms with E-state index < -0.39 is 0 Å². The lowest BCUT2D eigenvalue weighted by atomic mass is 9.85.